The number of aromatic amines is 1. The summed E-state index contributed by atoms with van der Waals surface area (Å²) in [6.45, 7) is 1.32. The van der Waals surface area contributed by atoms with Crippen molar-refractivity contribution in [2.24, 2.45) is 5.92 Å². The normalized spacial score (nSPS) is 16.6. The third kappa shape index (κ3) is 3.44. The van der Waals surface area contributed by atoms with E-state index in [1.54, 1.807) is 0 Å². The number of urea groups is 1. The van der Waals surface area contributed by atoms with Crippen LogP contribution in [0.1, 0.15) is 24.5 Å². The number of anilines is 1. The topological polar surface area (TPSA) is 68.4 Å². The largest absolute Gasteiger partial charge is 0.388 e. The van der Waals surface area contributed by atoms with Crippen molar-refractivity contribution in [3.05, 3.63) is 66.4 Å². The standard InChI is InChI=1S/C21H23N3O2/c25-20(15-4-2-1-3-5-15)16-9-12-24(13-10-16)21(26)23-18-6-7-19-17(14-18)8-11-22-19/h1-8,11,14,16,20,22,25H,9-10,12-13H2,(H,23,26). The fourth-order valence-corrected chi connectivity index (χ4v) is 3.67. The van der Waals surface area contributed by atoms with Gasteiger partial charge in [0, 0.05) is 35.9 Å². The zero-order valence-electron chi connectivity index (χ0n) is 14.6. The first-order chi connectivity index (χ1) is 12.7. The van der Waals surface area contributed by atoms with Crippen LogP contribution in [0.25, 0.3) is 10.9 Å². The third-order valence-corrected chi connectivity index (χ3v) is 5.22. The fourth-order valence-electron chi connectivity index (χ4n) is 3.67. The molecule has 1 aliphatic rings. The Hall–Kier alpha value is -2.79. The molecule has 3 N–H and O–H groups in total. The van der Waals surface area contributed by atoms with Gasteiger partial charge in [-0.1, -0.05) is 30.3 Å². The van der Waals surface area contributed by atoms with Gasteiger partial charge in [-0.05, 0) is 48.6 Å². The number of fused-ring (bicyclic) bond motifs is 1. The number of hydrogen-bond donors (Lipinski definition) is 3. The Kier molecular flexibility index (Phi) is 4.63. The number of amides is 2. The molecule has 2 aromatic carbocycles. The van der Waals surface area contributed by atoms with Gasteiger partial charge in [-0.25, -0.2) is 4.79 Å². The van der Waals surface area contributed by atoms with Gasteiger partial charge in [-0.3, -0.25) is 0 Å². The van der Waals surface area contributed by atoms with Crippen LogP contribution in [0.2, 0.25) is 0 Å². The second kappa shape index (κ2) is 7.22. The van der Waals surface area contributed by atoms with Gasteiger partial charge in [-0.2, -0.15) is 0 Å². The maximum atomic E-state index is 12.5. The molecule has 1 fully saturated rings. The quantitative estimate of drug-likeness (QED) is 0.665. The number of aromatic nitrogens is 1. The van der Waals surface area contributed by atoms with Crippen LogP contribution in [0, 0.1) is 5.92 Å². The van der Waals surface area contributed by atoms with Crippen LogP contribution in [-0.4, -0.2) is 34.1 Å². The number of nitrogens with zero attached hydrogens (tertiary/aromatic N) is 1. The Bertz CT molecular complexity index is 882. The van der Waals surface area contributed by atoms with E-state index in [9.17, 15) is 9.90 Å². The number of likely N-dealkylation sites (tertiary alicyclic amines) is 1. The molecule has 2 heterocycles. The highest BCUT2D eigenvalue weighted by atomic mass is 16.3. The average Bonchev–Trinajstić information content (AvgIpc) is 3.16. The third-order valence-electron chi connectivity index (χ3n) is 5.22. The molecule has 1 atom stereocenters. The van der Waals surface area contributed by atoms with E-state index in [0.29, 0.717) is 13.1 Å². The van der Waals surface area contributed by atoms with Crippen molar-refractivity contribution in [1.29, 1.82) is 0 Å². The number of hydrogen-bond acceptors (Lipinski definition) is 2. The maximum Gasteiger partial charge on any atom is 0.321 e. The number of piperidine rings is 1. The monoisotopic (exact) mass is 349 g/mol. The average molecular weight is 349 g/mol. The molecule has 1 aliphatic heterocycles. The van der Waals surface area contributed by atoms with E-state index in [-0.39, 0.29) is 11.9 Å². The van der Waals surface area contributed by atoms with Gasteiger partial charge in [0.1, 0.15) is 0 Å². The number of aliphatic hydroxyl groups is 1. The molecule has 26 heavy (non-hydrogen) atoms. The number of carbonyl (C=O) groups excluding carboxylic acids is 1. The summed E-state index contributed by atoms with van der Waals surface area (Å²) in [4.78, 5) is 17.5. The lowest BCUT2D eigenvalue weighted by atomic mass is 9.87. The zero-order chi connectivity index (χ0) is 17.9. The minimum Gasteiger partial charge on any atom is -0.388 e. The molecule has 2 amide bonds. The van der Waals surface area contributed by atoms with Gasteiger partial charge in [-0.15, -0.1) is 0 Å². The number of rotatable bonds is 3. The summed E-state index contributed by atoms with van der Waals surface area (Å²) in [5.74, 6) is 0.192. The van der Waals surface area contributed by atoms with Crippen molar-refractivity contribution >= 4 is 22.6 Å². The van der Waals surface area contributed by atoms with Gasteiger partial charge in [0.2, 0.25) is 0 Å². The van der Waals surface area contributed by atoms with Crippen molar-refractivity contribution in [2.75, 3.05) is 18.4 Å². The molecular weight excluding hydrogens is 326 g/mol. The van der Waals surface area contributed by atoms with Crippen LogP contribution in [-0.2, 0) is 0 Å². The Morgan fingerprint density at radius 3 is 2.65 bits per heavy atom. The van der Waals surface area contributed by atoms with Crippen LogP contribution < -0.4 is 5.32 Å². The van der Waals surface area contributed by atoms with Crippen LogP contribution in [0.15, 0.2) is 60.8 Å². The molecule has 5 nitrogen and oxygen atoms in total. The highest BCUT2D eigenvalue weighted by Gasteiger charge is 2.28. The molecule has 1 aromatic heterocycles. The number of nitrogens with one attached hydrogen (secondary N) is 2. The number of carbonyl (C=O) groups is 1. The SMILES string of the molecule is O=C(Nc1ccc2[nH]ccc2c1)N1CCC(C(O)c2ccccc2)CC1. The molecule has 0 aliphatic carbocycles. The van der Waals surface area contributed by atoms with Crippen molar-refractivity contribution in [3.63, 3.8) is 0 Å². The molecule has 5 heteroatoms. The smallest absolute Gasteiger partial charge is 0.321 e. The summed E-state index contributed by atoms with van der Waals surface area (Å²) < 4.78 is 0. The second-order valence-electron chi connectivity index (χ2n) is 6.89. The van der Waals surface area contributed by atoms with Gasteiger partial charge in [0.05, 0.1) is 6.10 Å². The van der Waals surface area contributed by atoms with E-state index >= 15 is 0 Å². The molecule has 0 spiro atoms. The summed E-state index contributed by atoms with van der Waals surface area (Å²) in [7, 11) is 0. The van der Waals surface area contributed by atoms with Crippen molar-refractivity contribution in [1.82, 2.24) is 9.88 Å². The number of benzene rings is 2. The predicted molar refractivity (Wildman–Crippen MR) is 103 cm³/mol. The highest BCUT2D eigenvalue weighted by Crippen LogP contribution is 2.30. The van der Waals surface area contributed by atoms with Crippen LogP contribution >= 0.6 is 0 Å². The molecule has 134 valence electrons. The van der Waals surface area contributed by atoms with Crippen LogP contribution in [0.5, 0.6) is 0 Å². The van der Waals surface area contributed by atoms with Gasteiger partial charge >= 0.3 is 6.03 Å². The lowest BCUT2D eigenvalue weighted by molar-refractivity contribution is 0.0683. The van der Waals surface area contributed by atoms with E-state index in [1.165, 1.54) is 0 Å². The molecular formula is C21H23N3O2. The number of H-pyrrole nitrogens is 1. The van der Waals surface area contributed by atoms with E-state index in [0.717, 1.165) is 35.0 Å². The van der Waals surface area contributed by atoms with E-state index in [4.69, 9.17) is 0 Å². The Morgan fingerprint density at radius 1 is 1.12 bits per heavy atom. The molecule has 0 bridgehead atoms. The summed E-state index contributed by atoms with van der Waals surface area (Å²) >= 11 is 0. The van der Waals surface area contributed by atoms with E-state index in [1.807, 2.05) is 65.7 Å². The molecule has 0 saturated carbocycles. The maximum absolute atomic E-state index is 12.5. The molecule has 4 rings (SSSR count). The molecule has 0 radical (unpaired) electrons. The van der Waals surface area contributed by atoms with E-state index in [2.05, 4.69) is 10.3 Å². The minimum absolute atomic E-state index is 0.0764. The Morgan fingerprint density at radius 2 is 1.88 bits per heavy atom. The first kappa shape index (κ1) is 16.7. The van der Waals surface area contributed by atoms with Crippen molar-refractivity contribution < 1.29 is 9.90 Å². The fraction of sp³-hybridized carbons (Fsp3) is 0.286. The van der Waals surface area contributed by atoms with Gasteiger partial charge < -0.3 is 20.3 Å². The lowest BCUT2D eigenvalue weighted by Crippen LogP contribution is -2.42. The molecule has 1 saturated heterocycles. The van der Waals surface area contributed by atoms with Crippen molar-refractivity contribution in [2.45, 2.75) is 18.9 Å². The summed E-state index contributed by atoms with van der Waals surface area (Å²) in [5.41, 5.74) is 2.81. The summed E-state index contributed by atoms with van der Waals surface area (Å²) in [6.07, 6.45) is 3.04. The van der Waals surface area contributed by atoms with E-state index < -0.39 is 6.10 Å². The minimum atomic E-state index is -0.461. The molecule has 3 aromatic rings. The number of aliphatic hydroxyl groups excluding tert-OH is 1. The van der Waals surface area contributed by atoms with Gasteiger partial charge in [0.25, 0.3) is 0 Å². The van der Waals surface area contributed by atoms with Crippen LogP contribution in [0.3, 0.4) is 0 Å². The molecule has 1 unspecified atom stereocenters. The van der Waals surface area contributed by atoms with Gasteiger partial charge in [0.15, 0.2) is 0 Å². The second-order valence-corrected chi connectivity index (χ2v) is 6.89. The Balaban J connectivity index is 1.34. The summed E-state index contributed by atoms with van der Waals surface area (Å²) in [6, 6.07) is 17.5. The van der Waals surface area contributed by atoms with Crippen LogP contribution in [0.4, 0.5) is 10.5 Å². The first-order valence-electron chi connectivity index (χ1n) is 9.07. The highest BCUT2D eigenvalue weighted by molar-refractivity contribution is 5.92. The zero-order valence-corrected chi connectivity index (χ0v) is 14.6. The summed E-state index contributed by atoms with van der Waals surface area (Å²) in [5, 5.41) is 14.6. The Labute approximate surface area is 152 Å². The predicted octanol–water partition coefficient (Wildman–Crippen LogP) is 4.15. The van der Waals surface area contributed by atoms with Crippen molar-refractivity contribution in [3.8, 4) is 0 Å². The lowest BCUT2D eigenvalue weighted by Gasteiger charge is -2.34. The first-order valence-corrected chi connectivity index (χ1v) is 9.07.